The molecule has 0 radical (unpaired) electrons. The second kappa shape index (κ2) is 7.54. The van der Waals surface area contributed by atoms with Crippen LogP contribution in [0.4, 0.5) is 4.39 Å². The zero-order valence-corrected chi connectivity index (χ0v) is 11.5. The van der Waals surface area contributed by atoms with Crippen molar-refractivity contribution in [2.24, 2.45) is 0 Å². The number of rotatable bonds is 8. The molecule has 0 saturated heterocycles. The highest BCUT2D eigenvalue weighted by Gasteiger charge is 2.15. The summed E-state index contributed by atoms with van der Waals surface area (Å²) in [5, 5.41) is 8.91. The van der Waals surface area contributed by atoms with Crippen molar-refractivity contribution < 1.29 is 22.7 Å². The second-order valence-electron chi connectivity index (χ2n) is 4.01. The van der Waals surface area contributed by atoms with Gasteiger partial charge < -0.3 is 9.84 Å². The molecule has 1 rings (SSSR count). The molecule has 1 aromatic carbocycles. The Morgan fingerprint density at radius 1 is 1.37 bits per heavy atom. The number of ether oxygens (including phenoxy) is 1. The van der Waals surface area contributed by atoms with Gasteiger partial charge in [0.25, 0.3) is 0 Å². The van der Waals surface area contributed by atoms with Crippen LogP contribution in [0.5, 0.6) is 0 Å². The maximum atomic E-state index is 13.2. The molecule has 0 aliphatic carbocycles. The Labute approximate surface area is 112 Å². The van der Waals surface area contributed by atoms with Gasteiger partial charge in [-0.3, -0.25) is 0 Å². The van der Waals surface area contributed by atoms with Gasteiger partial charge in [-0.05, 0) is 31.0 Å². The van der Waals surface area contributed by atoms with Crippen LogP contribution in [0, 0.1) is 5.82 Å². The average Bonchev–Trinajstić information content (AvgIpc) is 2.38. The highest BCUT2D eigenvalue weighted by Crippen LogP contribution is 2.15. The summed E-state index contributed by atoms with van der Waals surface area (Å²) in [7, 11) is -2.08. The maximum Gasteiger partial charge on any atom is 0.240 e. The van der Waals surface area contributed by atoms with Gasteiger partial charge in [-0.2, -0.15) is 0 Å². The predicted octanol–water partition coefficient (Wildman–Crippen LogP) is 1.02. The Morgan fingerprint density at radius 2 is 2.11 bits per heavy atom. The first-order valence-electron chi connectivity index (χ1n) is 5.89. The number of hydrogen-bond donors (Lipinski definition) is 2. The number of methoxy groups -OCH3 is 1. The van der Waals surface area contributed by atoms with Crippen LogP contribution in [0.2, 0.25) is 0 Å². The van der Waals surface area contributed by atoms with Gasteiger partial charge in [0.2, 0.25) is 10.0 Å². The summed E-state index contributed by atoms with van der Waals surface area (Å²) >= 11 is 0. The van der Waals surface area contributed by atoms with E-state index in [1.807, 2.05) is 0 Å². The monoisotopic (exact) mass is 291 g/mol. The normalized spacial score (nSPS) is 11.7. The lowest BCUT2D eigenvalue weighted by Crippen LogP contribution is -2.25. The van der Waals surface area contributed by atoms with E-state index in [4.69, 9.17) is 9.84 Å². The van der Waals surface area contributed by atoms with Gasteiger partial charge in [0.15, 0.2) is 0 Å². The van der Waals surface area contributed by atoms with Gasteiger partial charge in [0.1, 0.15) is 5.82 Å². The smallest absolute Gasteiger partial charge is 0.240 e. The van der Waals surface area contributed by atoms with Crippen LogP contribution in [0.3, 0.4) is 0 Å². The Hall–Kier alpha value is -1.02. The van der Waals surface area contributed by atoms with E-state index in [0.29, 0.717) is 13.0 Å². The Kier molecular flexibility index (Phi) is 6.36. The van der Waals surface area contributed by atoms with Crippen molar-refractivity contribution >= 4 is 10.0 Å². The van der Waals surface area contributed by atoms with Crippen LogP contribution in [-0.2, 0) is 21.4 Å². The maximum absolute atomic E-state index is 13.2. The van der Waals surface area contributed by atoms with Crippen LogP contribution in [-0.4, -0.2) is 33.8 Å². The van der Waals surface area contributed by atoms with Gasteiger partial charge in [-0.15, -0.1) is 0 Å². The summed E-state index contributed by atoms with van der Waals surface area (Å²) in [6, 6.07) is 3.34. The summed E-state index contributed by atoms with van der Waals surface area (Å²) in [6.45, 7) is 0.327. The van der Waals surface area contributed by atoms with Gasteiger partial charge in [-0.25, -0.2) is 17.5 Å². The van der Waals surface area contributed by atoms with E-state index < -0.39 is 22.4 Å². The average molecular weight is 291 g/mol. The van der Waals surface area contributed by atoms with E-state index in [-0.39, 0.29) is 17.0 Å². The Balaban J connectivity index is 2.67. The SMILES string of the molecule is COCCCCNS(=O)(=O)c1ccc(F)c(CO)c1. The number of sulfonamides is 1. The summed E-state index contributed by atoms with van der Waals surface area (Å²) in [4.78, 5) is -0.0512. The molecule has 0 saturated carbocycles. The standard InChI is InChI=1S/C12H18FNO4S/c1-18-7-3-2-6-14-19(16,17)11-4-5-12(13)10(8-11)9-15/h4-5,8,14-15H,2-3,6-7,9H2,1H3. The number of hydrogen-bond acceptors (Lipinski definition) is 4. The van der Waals surface area contributed by atoms with Crippen molar-refractivity contribution in [1.82, 2.24) is 4.72 Å². The number of aliphatic hydroxyl groups excluding tert-OH is 1. The fourth-order valence-corrected chi connectivity index (χ4v) is 2.63. The highest BCUT2D eigenvalue weighted by atomic mass is 32.2. The molecule has 108 valence electrons. The van der Waals surface area contributed by atoms with E-state index >= 15 is 0 Å². The third-order valence-electron chi connectivity index (χ3n) is 2.57. The number of benzene rings is 1. The largest absolute Gasteiger partial charge is 0.392 e. The molecular formula is C12H18FNO4S. The molecule has 0 spiro atoms. The fraction of sp³-hybridized carbons (Fsp3) is 0.500. The third-order valence-corrected chi connectivity index (χ3v) is 4.02. The number of nitrogens with one attached hydrogen (secondary N) is 1. The van der Waals surface area contributed by atoms with Crippen molar-refractivity contribution in [3.8, 4) is 0 Å². The molecule has 7 heteroatoms. The first kappa shape index (κ1) is 16.0. The Morgan fingerprint density at radius 3 is 2.74 bits per heavy atom. The molecular weight excluding hydrogens is 273 g/mol. The van der Waals surface area contributed by atoms with E-state index in [1.165, 1.54) is 6.07 Å². The quantitative estimate of drug-likeness (QED) is 0.701. The summed E-state index contributed by atoms with van der Waals surface area (Å²) in [5.41, 5.74) is -0.0396. The number of unbranched alkanes of at least 4 members (excludes halogenated alkanes) is 1. The second-order valence-corrected chi connectivity index (χ2v) is 5.78. The zero-order chi connectivity index (χ0) is 14.3. The van der Waals surface area contributed by atoms with Crippen LogP contribution >= 0.6 is 0 Å². The molecule has 0 aliphatic rings. The topological polar surface area (TPSA) is 75.6 Å². The van der Waals surface area contributed by atoms with Crippen molar-refractivity contribution in [1.29, 1.82) is 0 Å². The van der Waals surface area contributed by atoms with E-state index in [9.17, 15) is 12.8 Å². The lowest BCUT2D eigenvalue weighted by atomic mass is 10.2. The highest BCUT2D eigenvalue weighted by molar-refractivity contribution is 7.89. The van der Waals surface area contributed by atoms with Gasteiger partial charge in [-0.1, -0.05) is 0 Å². The minimum absolute atomic E-state index is 0.0396. The lowest BCUT2D eigenvalue weighted by molar-refractivity contribution is 0.193. The van der Waals surface area contributed by atoms with Gasteiger partial charge >= 0.3 is 0 Å². The van der Waals surface area contributed by atoms with Crippen LogP contribution in [0.1, 0.15) is 18.4 Å². The lowest BCUT2D eigenvalue weighted by Gasteiger charge is -2.08. The molecule has 0 fully saturated rings. The minimum atomic E-state index is -3.67. The van der Waals surface area contributed by atoms with Crippen LogP contribution < -0.4 is 4.72 Å². The van der Waals surface area contributed by atoms with Crippen molar-refractivity contribution in [2.75, 3.05) is 20.3 Å². The molecule has 0 heterocycles. The number of aliphatic hydroxyl groups is 1. The number of halogens is 1. The third kappa shape index (κ3) is 4.87. The molecule has 19 heavy (non-hydrogen) atoms. The fourth-order valence-electron chi connectivity index (χ4n) is 1.50. The molecule has 1 aromatic rings. The summed E-state index contributed by atoms with van der Waals surface area (Å²) in [6.07, 6.45) is 1.41. The first-order valence-corrected chi connectivity index (χ1v) is 7.37. The molecule has 0 atom stereocenters. The predicted molar refractivity (Wildman–Crippen MR) is 68.6 cm³/mol. The first-order chi connectivity index (χ1) is 9.01. The van der Waals surface area contributed by atoms with Gasteiger partial charge in [0.05, 0.1) is 11.5 Å². The van der Waals surface area contributed by atoms with Crippen LogP contribution in [0.15, 0.2) is 23.1 Å². The van der Waals surface area contributed by atoms with Crippen molar-refractivity contribution in [3.63, 3.8) is 0 Å². The van der Waals surface area contributed by atoms with E-state index in [0.717, 1.165) is 18.6 Å². The zero-order valence-electron chi connectivity index (χ0n) is 10.7. The Bertz CT molecular complexity index is 504. The molecule has 0 unspecified atom stereocenters. The van der Waals surface area contributed by atoms with Gasteiger partial charge in [0, 0.05) is 25.8 Å². The molecule has 5 nitrogen and oxygen atoms in total. The van der Waals surface area contributed by atoms with Crippen molar-refractivity contribution in [3.05, 3.63) is 29.6 Å². The van der Waals surface area contributed by atoms with Crippen molar-refractivity contribution in [2.45, 2.75) is 24.3 Å². The van der Waals surface area contributed by atoms with E-state index in [1.54, 1.807) is 7.11 Å². The molecule has 0 bridgehead atoms. The molecule has 0 amide bonds. The molecule has 0 aromatic heterocycles. The van der Waals surface area contributed by atoms with Crippen LogP contribution in [0.25, 0.3) is 0 Å². The minimum Gasteiger partial charge on any atom is -0.392 e. The molecule has 2 N–H and O–H groups in total. The van der Waals surface area contributed by atoms with E-state index in [2.05, 4.69) is 4.72 Å². The molecule has 0 aliphatic heterocycles. The summed E-state index contributed by atoms with van der Waals surface area (Å²) in [5.74, 6) is -0.624. The summed E-state index contributed by atoms with van der Waals surface area (Å²) < 4.78 is 44.2.